The van der Waals surface area contributed by atoms with Crippen LogP contribution in [-0.4, -0.2) is 39.8 Å². The van der Waals surface area contributed by atoms with Gasteiger partial charge in [-0.1, -0.05) is 16.1 Å². The number of rotatable bonds is 2. The van der Waals surface area contributed by atoms with E-state index in [0.717, 1.165) is 25.3 Å². The molecule has 1 aromatic heterocycles. The van der Waals surface area contributed by atoms with Gasteiger partial charge in [0, 0.05) is 31.2 Å². The summed E-state index contributed by atoms with van der Waals surface area (Å²) in [5, 5.41) is 4.01. The predicted molar refractivity (Wildman–Crippen MR) is 60.2 cm³/mol. The summed E-state index contributed by atoms with van der Waals surface area (Å²) >= 11 is 7.21. The summed E-state index contributed by atoms with van der Waals surface area (Å²) in [6.45, 7) is 6.80. The summed E-state index contributed by atoms with van der Waals surface area (Å²) in [5.41, 5.74) is 0.878. The second kappa shape index (κ2) is 4.74. The molecular weight excluding hydrogens is 234 g/mol. The number of ether oxygens (including phenoxy) is 1. The van der Waals surface area contributed by atoms with Crippen LogP contribution in [0.4, 0.5) is 0 Å². The number of halogens is 1. The number of hydrogen-bond acceptors (Lipinski definition) is 5. The topological polar surface area (TPSA) is 38.2 Å². The van der Waals surface area contributed by atoms with Crippen LogP contribution in [0.1, 0.15) is 19.5 Å². The Morgan fingerprint density at radius 1 is 1.47 bits per heavy atom. The predicted octanol–water partition coefficient (Wildman–Crippen LogP) is 1.80. The molecule has 1 aliphatic heterocycles. The van der Waals surface area contributed by atoms with Crippen LogP contribution in [-0.2, 0) is 11.3 Å². The van der Waals surface area contributed by atoms with Gasteiger partial charge in [-0.2, -0.15) is 0 Å². The van der Waals surface area contributed by atoms with Gasteiger partial charge in [-0.3, -0.25) is 4.90 Å². The van der Waals surface area contributed by atoms with E-state index in [-0.39, 0.29) is 12.2 Å². The minimum Gasteiger partial charge on any atom is -0.373 e. The molecule has 6 heteroatoms. The van der Waals surface area contributed by atoms with Crippen molar-refractivity contribution in [1.82, 2.24) is 14.5 Å². The number of morpholine rings is 1. The van der Waals surface area contributed by atoms with E-state index in [2.05, 4.69) is 28.3 Å². The van der Waals surface area contributed by atoms with Crippen LogP contribution in [0.5, 0.6) is 0 Å². The zero-order chi connectivity index (χ0) is 10.8. The van der Waals surface area contributed by atoms with Gasteiger partial charge in [-0.15, -0.1) is 5.10 Å². The van der Waals surface area contributed by atoms with Crippen LogP contribution in [0, 0.1) is 0 Å². The number of aromatic nitrogens is 2. The normalized spacial score (nSPS) is 28.2. The fourth-order valence-electron chi connectivity index (χ4n) is 1.92. The van der Waals surface area contributed by atoms with E-state index in [1.54, 1.807) is 0 Å². The van der Waals surface area contributed by atoms with Crippen molar-refractivity contribution in [2.45, 2.75) is 32.6 Å². The Balaban J connectivity index is 1.97. The lowest BCUT2D eigenvalue weighted by Crippen LogP contribution is -2.44. The maximum Gasteiger partial charge on any atom is 0.138 e. The van der Waals surface area contributed by atoms with Crippen molar-refractivity contribution in [2.24, 2.45) is 0 Å². The minimum atomic E-state index is 0.277. The van der Waals surface area contributed by atoms with Crippen molar-refractivity contribution in [1.29, 1.82) is 0 Å². The highest BCUT2D eigenvalue weighted by Gasteiger charge is 2.23. The summed E-state index contributed by atoms with van der Waals surface area (Å²) in [7, 11) is 0. The van der Waals surface area contributed by atoms with Gasteiger partial charge >= 0.3 is 0 Å². The largest absolute Gasteiger partial charge is 0.373 e. The first kappa shape index (κ1) is 11.3. The van der Waals surface area contributed by atoms with E-state index in [0.29, 0.717) is 4.34 Å². The molecule has 0 spiro atoms. The first-order valence-electron chi connectivity index (χ1n) is 4.99. The fourth-order valence-corrected chi connectivity index (χ4v) is 2.53. The SMILES string of the molecule is C[C@@H]1CN(Cc2nnsc2Cl)C[C@H](C)O1. The molecular formula is C9H14ClN3OS. The third-order valence-corrected chi connectivity index (χ3v) is 3.36. The van der Waals surface area contributed by atoms with Gasteiger partial charge in [-0.05, 0) is 13.8 Å². The second-order valence-corrected chi connectivity index (χ2v) is 5.30. The van der Waals surface area contributed by atoms with Crippen LogP contribution in [0.25, 0.3) is 0 Å². The Labute approximate surface area is 98.3 Å². The highest BCUT2D eigenvalue weighted by molar-refractivity contribution is 7.10. The maximum absolute atomic E-state index is 5.97. The van der Waals surface area contributed by atoms with Gasteiger partial charge in [0.05, 0.1) is 12.2 Å². The van der Waals surface area contributed by atoms with E-state index in [9.17, 15) is 0 Å². The quantitative estimate of drug-likeness (QED) is 0.799. The minimum absolute atomic E-state index is 0.277. The van der Waals surface area contributed by atoms with E-state index >= 15 is 0 Å². The lowest BCUT2D eigenvalue weighted by atomic mass is 10.2. The molecule has 0 saturated carbocycles. The third-order valence-electron chi connectivity index (χ3n) is 2.38. The van der Waals surface area contributed by atoms with Crippen LogP contribution < -0.4 is 0 Å². The Hall–Kier alpha value is -0.230. The first-order chi connectivity index (χ1) is 7.15. The standard InChI is InChI=1S/C9H14ClN3OS/c1-6-3-13(4-7(2)14-6)5-8-9(10)15-12-11-8/h6-7H,3-5H2,1-2H3/t6-,7+. The molecule has 1 saturated heterocycles. The summed E-state index contributed by atoms with van der Waals surface area (Å²) in [4.78, 5) is 2.31. The Morgan fingerprint density at radius 2 is 2.13 bits per heavy atom. The molecule has 0 amide bonds. The highest BCUT2D eigenvalue weighted by atomic mass is 35.5. The van der Waals surface area contributed by atoms with E-state index < -0.39 is 0 Å². The molecule has 84 valence electrons. The van der Waals surface area contributed by atoms with Crippen molar-refractivity contribution in [3.8, 4) is 0 Å². The van der Waals surface area contributed by atoms with Crippen molar-refractivity contribution in [3.05, 3.63) is 10.0 Å². The van der Waals surface area contributed by atoms with Crippen molar-refractivity contribution in [2.75, 3.05) is 13.1 Å². The fraction of sp³-hybridized carbons (Fsp3) is 0.778. The van der Waals surface area contributed by atoms with Crippen molar-refractivity contribution in [3.63, 3.8) is 0 Å². The lowest BCUT2D eigenvalue weighted by molar-refractivity contribution is -0.0707. The molecule has 0 unspecified atom stereocenters. The van der Waals surface area contributed by atoms with Crippen molar-refractivity contribution >= 4 is 23.1 Å². The zero-order valence-corrected chi connectivity index (χ0v) is 10.4. The second-order valence-electron chi connectivity index (χ2n) is 3.94. The molecule has 4 nitrogen and oxygen atoms in total. The van der Waals surface area contributed by atoms with Crippen LogP contribution in [0.3, 0.4) is 0 Å². The molecule has 0 bridgehead atoms. The van der Waals surface area contributed by atoms with Gasteiger partial charge in [-0.25, -0.2) is 0 Å². The van der Waals surface area contributed by atoms with Crippen molar-refractivity contribution < 1.29 is 4.74 Å². The van der Waals surface area contributed by atoms with E-state index in [4.69, 9.17) is 16.3 Å². The Bertz CT molecular complexity index is 323. The first-order valence-corrected chi connectivity index (χ1v) is 6.15. The molecule has 2 atom stereocenters. The third kappa shape index (κ3) is 2.87. The zero-order valence-electron chi connectivity index (χ0n) is 8.81. The molecule has 1 aliphatic rings. The maximum atomic E-state index is 5.97. The average molecular weight is 248 g/mol. The Morgan fingerprint density at radius 3 is 2.67 bits per heavy atom. The lowest BCUT2D eigenvalue weighted by Gasteiger charge is -2.34. The molecule has 1 aromatic rings. The van der Waals surface area contributed by atoms with Gasteiger partial charge in [0.2, 0.25) is 0 Å². The average Bonchev–Trinajstić information content (AvgIpc) is 2.50. The summed E-state index contributed by atoms with van der Waals surface area (Å²) in [5.74, 6) is 0. The van der Waals surface area contributed by atoms with E-state index in [1.807, 2.05) is 0 Å². The van der Waals surface area contributed by atoms with E-state index in [1.165, 1.54) is 11.5 Å². The molecule has 1 fully saturated rings. The van der Waals surface area contributed by atoms with Crippen LogP contribution in [0.15, 0.2) is 0 Å². The Kier molecular flexibility index (Phi) is 3.56. The van der Waals surface area contributed by atoms with Crippen LogP contribution >= 0.6 is 23.1 Å². The monoisotopic (exact) mass is 247 g/mol. The molecule has 2 heterocycles. The molecule has 0 radical (unpaired) electrons. The number of hydrogen-bond donors (Lipinski definition) is 0. The molecule has 2 rings (SSSR count). The van der Waals surface area contributed by atoms with Crippen LogP contribution in [0.2, 0.25) is 4.34 Å². The smallest absolute Gasteiger partial charge is 0.138 e. The number of nitrogens with zero attached hydrogens (tertiary/aromatic N) is 3. The van der Waals surface area contributed by atoms with Gasteiger partial charge < -0.3 is 4.74 Å². The summed E-state index contributed by atoms with van der Waals surface area (Å²) in [6.07, 6.45) is 0.554. The molecule has 15 heavy (non-hydrogen) atoms. The highest BCUT2D eigenvalue weighted by Crippen LogP contribution is 2.20. The van der Waals surface area contributed by atoms with Gasteiger partial charge in [0.25, 0.3) is 0 Å². The molecule has 0 N–H and O–H groups in total. The van der Waals surface area contributed by atoms with Gasteiger partial charge in [0.1, 0.15) is 10.0 Å². The molecule has 0 aromatic carbocycles. The summed E-state index contributed by atoms with van der Waals surface area (Å²) in [6, 6.07) is 0. The summed E-state index contributed by atoms with van der Waals surface area (Å²) < 4.78 is 10.2. The van der Waals surface area contributed by atoms with Gasteiger partial charge in [0.15, 0.2) is 0 Å². The molecule has 0 aliphatic carbocycles.